The number of carbonyl (C=O) groups is 3. The van der Waals surface area contributed by atoms with Crippen molar-refractivity contribution in [2.45, 2.75) is 0 Å². The van der Waals surface area contributed by atoms with Gasteiger partial charge in [0.25, 0.3) is 17.7 Å². The largest absolute Gasteiger partial charge is 0.364 e. The van der Waals surface area contributed by atoms with E-state index in [0.29, 0.717) is 21.4 Å². The van der Waals surface area contributed by atoms with Gasteiger partial charge in [-0.25, -0.2) is 4.98 Å². The Bertz CT molecular complexity index is 1060. The van der Waals surface area contributed by atoms with Gasteiger partial charge in [-0.15, -0.1) is 0 Å². The van der Waals surface area contributed by atoms with Crippen molar-refractivity contribution in [2.75, 3.05) is 12.4 Å². The summed E-state index contributed by atoms with van der Waals surface area (Å²) in [7, 11) is 1.44. The molecule has 0 aliphatic heterocycles. The summed E-state index contributed by atoms with van der Waals surface area (Å²) < 4.78 is 2.11. The zero-order chi connectivity index (χ0) is 20.3. The van der Waals surface area contributed by atoms with E-state index in [4.69, 9.17) is 5.73 Å². The number of hydrogen-bond donors (Lipinski definition) is 3. The zero-order valence-electron chi connectivity index (χ0n) is 14.8. The highest BCUT2D eigenvalue weighted by molar-refractivity contribution is 9.10. The Kier molecular flexibility index (Phi) is 5.55. The molecule has 3 amide bonds. The first-order valence-electron chi connectivity index (χ1n) is 8.18. The van der Waals surface area contributed by atoms with E-state index in [1.54, 1.807) is 42.5 Å². The molecule has 9 heteroatoms. The number of amides is 3. The Hall–Kier alpha value is -3.46. The molecule has 0 aliphatic rings. The summed E-state index contributed by atoms with van der Waals surface area (Å²) in [5.74, 6) is -1.55. The van der Waals surface area contributed by atoms with E-state index in [2.05, 4.69) is 31.5 Å². The van der Waals surface area contributed by atoms with Crippen molar-refractivity contribution in [1.82, 2.24) is 14.9 Å². The van der Waals surface area contributed by atoms with Crippen molar-refractivity contribution >= 4 is 39.3 Å². The van der Waals surface area contributed by atoms with Crippen LogP contribution in [0.25, 0.3) is 5.69 Å². The Balaban J connectivity index is 1.87. The summed E-state index contributed by atoms with van der Waals surface area (Å²) in [5.41, 5.74) is 6.98. The van der Waals surface area contributed by atoms with E-state index >= 15 is 0 Å². The van der Waals surface area contributed by atoms with Gasteiger partial charge in [0.05, 0.1) is 5.56 Å². The van der Waals surface area contributed by atoms with Crippen LogP contribution < -0.4 is 16.4 Å². The van der Waals surface area contributed by atoms with E-state index in [1.807, 2.05) is 6.07 Å². The molecule has 0 radical (unpaired) electrons. The van der Waals surface area contributed by atoms with Crippen molar-refractivity contribution in [2.24, 2.45) is 5.73 Å². The Morgan fingerprint density at radius 2 is 1.71 bits per heavy atom. The topological polar surface area (TPSA) is 119 Å². The van der Waals surface area contributed by atoms with Gasteiger partial charge in [-0.3, -0.25) is 19.0 Å². The normalized spacial score (nSPS) is 10.4. The van der Waals surface area contributed by atoms with Gasteiger partial charge in [0.2, 0.25) is 0 Å². The molecule has 0 atom stereocenters. The molecule has 0 spiro atoms. The molecule has 0 saturated heterocycles. The minimum Gasteiger partial charge on any atom is -0.364 e. The maximum Gasteiger partial charge on any atom is 0.272 e. The number of carbonyl (C=O) groups excluding carboxylic acids is 3. The second-order valence-electron chi connectivity index (χ2n) is 5.74. The van der Waals surface area contributed by atoms with E-state index in [9.17, 15) is 14.4 Å². The smallest absolute Gasteiger partial charge is 0.272 e. The lowest BCUT2D eigenvalue weighted by atomic mass is 10.2. The lowest BCUT2D eigenvalue weighted by molar-refractivity contribution is 0.0937. The van der Waals surface area contributed by atoms with Crippen molar-refractivity contribution < 1.29 is 14.4 Å². The van der Waals surface area contributed by atoms with Crippen molar-refractivity contribution in [3.05, 3.63) is 76.3 Å². The molecular weight excluding hydrogens is 426 g/mol. The summed E-state index contributed by atoms with van der Waals surface area (Å²) in [6.07, 6.45) is 1.35. The number of imidazole rings is 1. The van der Waals surface area contributed by atoms with Crippen LogP contribution in [-0.4, -0.2) is 34.3 Å². The molecule has 142 valence electrons. The highest BCUT2D eigenvalue weighted by Crippen LogP contribution is 2.20. The van der Waals surface area contributed by atoms with Gasteiger partial charge in [0.15, 0.2) is 5.69 Å². The van der Waals surface area contributed by atoms with Crippen LogP contribution in [0.2, 0.25) is 0 Å². The van der Waals surface area contributed by atoms with E-state index in [1.165, 1.54) is 17.9 Å². The molecule has 8 nitrogen and oxygen atoms in total. The number of rotatable bonds is 5. The molecule has 0 fully saturated rings. The lowest BCUT2D eigenvalue weighted by Crippen LogP contribution is -2.25. The SMILES string of the molecule is CNC(=O)c1ncn(-c2ccc(NC(=O)c3ccccc3Br)cc2)c1C(N)=O. The Labute approximate surface area is 168 Å². The summed E-state index contributed by atoms with van der Waals surface area (Å²) in [6.45, 7) is 0. The third-order valence-corrected chi connectivity index (χ3v) is 4.66. The second-order valence-corrected chi connectivity index (χ2v) is 6.59. The maximum atomic E-state index is 12.4. The quantitative estimate of drug-likeness (QED) is 0.562. The average Bonchev–Trinajstić information content (AvgIpc) is 3.13. The molecule has 2 aromatic carbocycles. The van der Waals surface area contributed by atoms with E-state index in [-0.39, 0.29) is 17.3 Å². The van der Waals surface area contributed by atoms with Crippen LogP contribution in [0.5, 0.6) is 0 Å². The van der Waals surface area contributed by atoms with E-state index in [0.717, 1.165) is 0 Å². The minimum absolute atomic E-state index is 0.0237. The number of nitrogens with zero attached hydrogens (tertiary/aromatic N) is 2. The molecule has 0 saturated carbocycles. The number of anilines is 1. The van der Waals surface area contributed by atoms with Crippen LogP contribution in [-0.2, 0) is 0 Å². The third-order valence-electron chi connectivity index (χ3n) is 3.96. The van der Waals surface area contributed by atoms with Gasteiger partial charge in [-0.2, -0.15) is 0 Å². The Morgan fingerprint density at radius 3 is 2.32 bits per heavy atom. The number of aromatic nitrogens is 2. The molecule has 0 aliphatic carbocycles. The summed E-state index contributed by atoms with van der Waals surface area (Å²) >= 11 is 3.35. The monoisotopic (exact) mass is 441 g/mol. The molecule has 3 aromatic rings. The van der Waals surface area contributed by atoms with Crippen LogP contribution in [0.4, 0.5) is 5.69 Å². The summed E-state index contributed by atoms with van der Waals surface area (Å²) in [6, 6.07) is 13.8. The minimum atomic E-state index is -0.776. The van der Waals surface area contributed by atoms with Crippen LogP contribution in [0.15, 0.2) is 59.3 Å². The molecule has 0 bridgehead atoms. The van der Waals surface area contributed by atoms with Crippen molar-refractivity contribution in [1.29, 1.82) is 0 Å². The van der Waals surface area contributed by atoms with Gasteiger partial charge in [0, 0.05) is 22.9 Å². The third kappa shape index (κ3) is 3.79. The van der Waals surface area contributed by atoms with Gasteiger partial charge in [-0.05, 0) is 52.3 Å². The van der Waals surface area contributed by atoms with Crippen molar-refractivity contribution in [3.63, 3.8) is 0 Å². The average molecular weight is 442 g/mol. The second kappa shape index (κ2) is 8.05. The molecule has 1 heterocycles. The predicted molar refractivity (Wildman–Crippen MR) is 108 cm³/mol. The highest BCUT2D eigenvalue weighted by atomic mass is 79.9. The lowest BCUT2D eigenvalue weighted by Gasteiger charge is -2.10. The fraction of sp³-hybridized carbons (Fsp3) is 0.0526. The number of halogens is 1. The number of hydrogen-bond acceptors (Lipinski definition) is 4. The molecule has 1 aromatic heterocycles. The molecule has 4 N–H and O–H groups in total. The number of primary amides is 1. The van der Waals surface area contributed by atoms with Gasteiger partial charge in [0.1, 0.15) is 12.0 Å². The van der Waals surface area contributed by atoms with Gasteiger partial charge >= 0.3 is 0 Å². The van der Waals surface area contributed by atoms with Crippen LogP contribution in [0, 0.1) is 0 Å². The zero-order valence-corrected chi connectivity index (χ0v) is 16.4. The molecular formula is C19H16BrN5O3. The fourth-order valence-electron chi connectivity index (χ4n) is 2.61. The van der Waals surface area contributed by atoms with Crippen LogP contribution in [0.1, 0.15) is 31.3 Å². The first-order chi connectivity index (χ1) is 13.4. The van der Waals surface area contributed by atoms with Gasteiger partial charge < -0.3 is 16.4 Å². The highest BCUT2D eigenvalue weighted by Gasteiger charge is 2.22. The number of nitrogens with one attached hydrogen (secondary N) is 2. The first kappa shape index (κ1) is 19.3. The number of nitrogens with two attached hydrogens (primary N) is 1. The standard InChI is InChI=1S/C19H16BrN5O3/c1-22-19(28)15-16(17(21)26)25(10-23-15)12-8-6-11(7-9-12)24-18(27)13-4-2-3-5-14(13)20/h2-10H,1H3,(H2,21,26)(H,22,28)(H,24,27). The van der Waals surface area contributed by atoms with E-state index < -0.39 is 11.8 Å². The fourth-order valence-corrected chi connectivity index (χ4v) is 3.08. The number of benzene rings is 2. The summed E-state index contributed by atoms with van der Waals surface area (Å²) in [5, 5.41) is 5.22. The first-order valence-corrected chi connectivity index (χ1v) is 8.97. The van der Waals surface area contributed by atoms with Gasteiger partial charge in [-0.1, -0.05) is 12.1 Å². The van der Waals surface area contributed by atoms with Crippen molar-refractivity contribution in [3.8, 4) is 5.69 Å². The molecule has 28 heavy (non-hydrogen) atoms. The predicted octanol–water partition coefficient (Wildman–Crippen LogP) is 2.35. The molecule has 3 rings (SSSR count). The Morgan fingerprint density at radius 1 is 1.04 bits per heavy atom. The molecule has 0 unspecified atom stereocenters. The maximum absolute atomic E-state index is 12.4. The summed E-state index contributed by atoms with van der Waals surface area (Å²) in [4.78, 5) is 40.1. The van der Waals surface area contributed by atoms with Crippen LogP contribution in [0.3, 0.4) is 0 Å². The van der Waals surface area contributed by atoms with Crippen LogP contribution >= 0.6 is 15.9 Å².